The Balaban J connectivity index is 2.61. The number of carbonyl (C=O) groups excluding carboxylic acids is 1. The zero-order chi connectivity index (χ0) is 14.4. The van der Waals surface area contributed by atoms with Crippen molar-refractivity contribution in [1.29, 1.82) is 0 Å². The average Bonchev–Trinajstić information content (AvgIpc) is 2.48. The fourth-order valence-corrected chi connectivity index (χ4v) is 2.57. The highest BCUT2D eigenvalue weighted by Gasteiger charge is 2.47. The zero-order valence-electron chi connectivity index (χ0n) is 11.3. The molecule has 0 bridgehead atoms. The first-order chi connectivity index (χ1) is 8.80. The van der Waals surface area contributed by atoms with Crippen LogP contribution in [-0.4, -0.2) is 28.7 Å². The number of hydrogen-bond donors (Lipinski definition) is 1. The molecule has 5 heteroatoms. The first-order valence-electron chi connectivity index (χ1n) is 5.89. The lowest BCUT2D eigenvalue weighted by atomic mass is 9.99. The van der Waals surface area contributed by atoms with Crippen molar-refractivity contribution < 1.29 is 14.7 Å². The number of nitrogens with zero attached hydrogens (tertiary/aromatic N) is 1. The van der Waals surface area contributed by atoms with E-state index in [1.165, 1.54) is 7.11 Å². The molecule has 0 spiro atoms. The van der Waals surface area contributed by atoms with Crippen LogP contribution in [0.15, 0.2) is 24.0 Å². The molecule has 1 heterocycles. The van der Waals surface area contributed by atoms with Crippen LogP contribution in [0.4, 0.5) is 0 Å². The molecule has 0 aliphatic carbocycles. The number of aliphatic hydroxyl groups excluding tert-OH is 1. The van der Waals surface area contributed by atoms with Gasteiger partial charge in [-0.2, -0.15) is 0 Å². The van der Waals surface area contributed by atoms with Crippen molar-refractivity contribution >= 4 is 23.1 Å². The normalized spacial score (nSPS) is 18.4. The molecule has 0 saturated carbocycles. The quantitative estimate of drug-likeness (QED) is 0.906. The summed E-state index contributed by atoms with van der Waals surface area (Å²) in [4.78, 5) is 17.4. The molecule has 0 unspecified atom stereocenters. The van der Waals surface area contributed by atoms with Crippen molar-refractivity contribution in [3.63, 3.8) is 0 Å². The van der Waals surface area contributed by atoms with Crippen LogP contribution < -0.4 is 0 Å². The maximum absolute atomic E-state index is 12.3. The number of carbonyl (C=O) groups is 1. The first kappa shape index (κ1) is 13.9. The average molecular weight is 282 g/mol. The molecule has 1 aliphatic rings. The van der Waals surface area contributed by atoms with Gasteiger partial charge in [-0.25, -0.2) is 5.06 Å². The number of rotatable bonds is 2. The highest BCUT2D eigenvalue weighted by atomic mass is 35.5. The maximum Gasteiger partial charge on any atom is 0.282 e. The smallest absolute Gasteiger partial charge is 0.282 e. The van der Waals surface area contributed by atoms with Gasteiger partial charge in [-0.3, -0.25) is 9.63 Å². The molecule has 0 atom stereocenters. The second kappa shape index (κ2) is 4.54. The number of hydrogen-bond acceptors (Lipinski definition) is 3. The fourth-order valence-electron chi connectivity index (χ4n) is 2.24. The van der Waals surface area contributed by atoms with Crippen LogP contribution >= 0.6 is 11.6 Å². The minimum atomic E-state index is -0.907. The third-order valence-electron chi connectivity index (χ3n) is 3.30. The summed E-state index contributed by atoms with van der Waals surface area (Å²) >= 11 is 6.17. The van der Waals surface area contributed by atoms with E-state index in [-0.39, 0.29) is 11.3 Å². The summed E-state index contributed by atoms with van der Waals surface area (Å²) in [7, 11) is 1.40. The van der Waals surface area contributed by atoms with Crippen LogP contribution in [0.5, 0.6) is 0 Å². The summed E-state index contributed by atoms with van der Waals surface area (Å²) in [6.45, 7) is 5.32. The Labute approximate surface area is 117 Å². The fraction of sp³-hybridized carbons (Fsp3) is 0.357. The van der Waals surface area contributed by atoms with Crippen molar-refractivity contribution in [2.45, 2.75) is 26.3 Å². The standard InChI is InChI=1S/C14H16ClNO3/c1-8-5-6-9(10(15)7-8)11-12(17)14(2,3)16(19-4)13(11)18/h5-7,17H,1-4H3. The van der Waals surface area contributed by atoms with E-state index >= 15 is 0 Å². The number of hydroxylamine groups is 2. The number of aryl methyl sites for hydroxylation is 1. The Morgan fingerprint density at radius 3 is 2.47 bits per heavy atom. The topological polar surface area (TPSA) is 49.8 Å². The minimum absolute atomic E-state index is 0.0369. The first-order valence-corrected chi connectivity index (χ1v) is 6.27. The van der Waals surface area contributed by atoms with Crippen LogP contribution in [0.1, 0.15) is 25.0 Å². The summed E-state index contributed by atoms with van der Waals surface area (Å²) in [6, 6.07) is 5.33. The van der Waals surface area contributed by atoms with E-state index in [4.69, 9.17) is 16.4 Å². The van der Waals surface area contributed by atoms with Crippen LogP contribution in [0.3, 0.4) is 0 Å². The second-order valence-corrected chi connectivity index (χ2v) is 5.46. The molecule has 1 aliphatic heterocycles. The molecule has 2 rings (SSSR count). The molecule has 1 N–H and O–H groups in total. The minimum Gasteiger partial charge on any atom is -0.509 e. The Kier molecular flexibility index (Phi) is 3.32. The molecule has 19 heavy (non-hydrogen) atoms. The van der Waals surface area contributed by atoms with Gasteiger partial charge < -0.3 is 5.11 Å². The lowest BCUT2D eigenvalue weighted by molar-refractivity contribution is -0.189. The van der Waals surface area contributed by atoms with E-state index in [1.54, 1.807) is 26.0 Å². The van der Waals surface area contributed by atoms with Gasteiger partial charge in [-0.15, -0.1) is 0 Å². The number of benzene rings is 1. The molecule has 4 nitrogen and oxygen atoms in total. The van der Waals surface area contributed by atoms with Gasteiger partial charge in [-0.05, 0) is 32.4 Å². The van der Waals surface area contributed by atoms with E-state index in [1.807, 2.05) is 13.0 Å². The maximum atomic E-state index is 12.3. The predicted octanol–water partition coefficient (Wildman–Crippen LogP) is 3.10. The van der Waals surface area contributed by atoms with Gasteiger partial charge >= 0.3 is 0 Å². The third kappa shape index (κ3) is 2.01. The van der Waals surface area contributed by atoms with Gasteiger partial charge in [0.2, 0.25) is 0 Å². The van der Waals surface area contributed by atoms with Gasteiger partial charge in [0.05, 0.1) is 12.7 Å². The number of amides is 1. The summed E-state index contributed by atoms with van der Waals surface area (Å²) in [5, 5.41) is 11.9. The highest BCUT2D eigenvalue weighted by molar-refractivity contribution is 6.35. The monoisotopic (exact) mass is 281 g/mol. The van der Waals surface area contributed by atoms with E-state index in [9.17, 15) is 9.90 Å². The lowest BCUT2D eigenvalue weighted by Gasteiger charge is -2.28. The largest absolute Gasteiger partial charge is 0.509 e. The Bertz CT molecular complexity index is 578. The van der Waals surface area contributed by atoms with Gasteiger partial charge in [0, 0.05) is 10.6 Å². The molecule has 0 saturated heterocycles. The zero-order valence-corrected chi connectivity index (χ0v) is 12.1. The van der Waals surface area contributed by atoms with Crippen molar-refractivity contribution in [2.75, 3.05) is 7.11 Å². The van der Waals surface area contributed by atoms with E-state index in [0.717, 1.165) is 10.6 Å². The van der Waals surface area contributed by atoms with E-state index in [0.29, 0.717) is 10.6 Å². The second-order valence-electron chi connectivity index (χ2n) is 5.05. The lowest BCUT2D eigenvalue weighted by Crippen LogP contribution is -2.42. The van der Waals surface area contributed by atoms with Crippen molar-refractivity contribution in [3.8, 4) is 0 Å². The molecular weight excluding hydrogens is 266 g/mol. The summed E-state index contributed by atoms with van der Waals surface area (Å²) in [5.41, 5.74) is 0.788. The van der Waals surface area contributed by atoms with Crippen molar-refractivity contribution in [2.24, 2.45) is 0 Å². The van der Waals surface area contributed by atoms with Crippen LogP contribution in [0.25, 0.3) is 5.57 Å². The van der Waals surface area contributed by atoms with Gasteiger partial charge in [0.1, 0.15) is 11.3 Å². The Morgan fingerprint density at radius 1 is 1.37 bits per heavy atom. The molecule has 1 amide bonds. The number of aliphatic hydroxyl groups is 1. The summed E-state index contributed by atoms with van der Waals surface area (Å²) in [6.07, 6.45) is 0. The molecule has 0 fully saturated rings. The molecule has 1 aromatic carbocycles. The van der Waals surface area contributed by atoms with Crippen LogP contribution in [0.2, 0.25) is 5.02 Å². The number of halogens is 1. The molecule has 0 radical (unpaired) electrons. The molecular formula is C14H16ClNO3. The Hall–Kier alpha value is -1.52. The van der Waals surface area contributed by atoms with Crippen molar-refractivity contribution in [3.05, 3.63) is 40.1 Å². The van der Waals surface area contributed by atoms with E-state index < -0.39 is 11.4 Å². The SMILES string of the molecule is CON1C(=O)C(c2ccc(C)cc2Cl)=C(O)C1(C)C. The van der Waals surface area contributed by atoms with Gasteiger partial charge in [0.25, 0.3) is 5.91 Å². The summed E-state index contributed by atoms with van der Waals surface area (Å²) < 4.78 is 0. The molecule has 0 aromatic heterocycles. The highest BCUT2D eigenvalue weighted by Crippen LogP contribution is 2.40. The van der Waals surface area contributed by atoms with Gasteiger partial charge in [-0.1, -0.05) is 23.7 Å². The van der Waals surface area contributed by atoms with Crippen LogP contribution in [0, 0.1) is 6.92 Å². The van der Waals surface area contributed by atoms with Crippen LogP contribution in [-0.2, 0) is 9.63 Å². The van der Waals surface area contributed by atoms with E-state index in [2.05, 4.69) is 0 Å². The van der Waals surface area contributed by atoms with Gasteiger partial charge in [0.15, 0.2) is 0 Å². The summed E-state index contributed by atoms with van der Waals surface area (Å²) in [5.74, 6) is -0.430. The van der Waals surface area contributed by atoms with Crippen molar-refractivity contribution in [1.82, 2.24) is 5.06 Å². The molecule has 1 aromatic rings. The molecule has 102 valence electrons. The third-order valence-corrected chi connectivity index (χ3v) is 3.61. The predicted molar refractivity (Wildman–Crippen MR) is 73.7 cm³/mol. The Morgan fingerprint density at radius 2 is 2.00 bits per heavy atom.